The summed E-state index contributed by atoms with van der Waals surface area (Å²) < 4.78 is 17.0. The minimum atomic E-state index is -0.772. The van der Waals surface area contributed by atoms with Gasteiger partial charge in [-0.05, 0) is 77.0 Å². The number of unbranched alkanes of at least 4 members (excludes halogenated alkanes) is 48. The Morgan fingerprint density at radius 3 is 0.718 bits per heavy atom. The van der Waals surface area contributed by atoms with E-state index in [1.54, 1.807) is 0 Å². The number of allylic oxidation sites excluding steroid dienone is 6. The van der Waals surface area contributed by atoms with Gasteiger partial charge in [-0.2, -0.15) is 0 Å². The average Bonchev–Trinajstić information content (AvgIpc) is 3.44. The van der Waals surface area contributed by atoms with Crippen LogP contribution < -0.4 is 0 Å². The molecule has 0 heterocycles. The zero-order chi connectivity index (χ0) is 56.4. The fraction of sp³-hybridized carbons (Fsp3) is 0.875. The van der Waals surface area contributed by atoms with Gasteiger partial charge in [0.2, 0.25) is 0 Å². The number of rotatable bonds is 65. The third-order valence-corrected chi connectivity index (χ3v) is 15.9. The first-order chi connectivity index (χ1) is 38.5. The van der Waals surface area contributed by atoms with Gasteiger partial charge in [-0.3, -0.25) is 14.4 Å². The van der Waals surface area contributed by atoms with Crippen LogP contribution in [-0.4, -0.2) is 37.2 Å². The summed E-state index contributed by atoms with van der Waals surface area (Å²) in [4.78, 5) is 38.4. The van der Waals surface area contributed by atoms with E-state index >= 15 is 0 Å². The molecule has 0 saturated carbocycles. The van der Waals surface area contributed by atoms with Crippen LogP contribution in [0.2, 0.25) is 0 Å². The molecule has 458 valence electrons. The summed E-state index contributed by atoms with van der Waals surface area (Å²) >= 11 is 0. The van der Waals surface area contributed by atoms with E-state index in [2.05, 4.69) is 57.2 Å². The molecule has 6 nitrogen and oxygen atoms in total. The minimum absolute atomic E-state index is 0.0678. The van der Waals surface area contributed by atoms with Crippen LogP contribution in [0.3, 0.4) is 0 Å². The van der Waals surface area contributed by atoms with Crippen LogP contribution in [0, 0.1) is 0 Å². The Hall–Kier alpha value is -2.37. The molecule has 0 aliphatic heterocycles. The summed E-state index contributed by atoms with van der Waals surface area (Å²) in [7, 11) is 0. The van der Waals surface area contributed by atoms with Crippen molar-refractivity contribution in [3.8, 4) is 0 Å². The topological polar surface area (TPSA) is 78.9 Å². The van der Waals surface area contributed by atoms with Crippen molar-refractivity contribution >= 4 is 17.9 Å². The molecule has 0 rings (SSSR count). The van der Waals surface area contributed by atoms with E-state index in [1.165, 1.54) is 283 Å². The van der Waals surface area contributed by atoms with E-state index in [4.69, 9.17) is 14.2 Å². The van der Waals surface area contributed by atoms with Crippen molar-refractivity contribution < 1.29 is 28.6 Å². The second kappa shape index (κ2) is 67.1. The molecular weight excluding hydrogens is 961 g/mol. The second-order valence-electron chi connectivity index (χ2n) is 23.8. The van der Waals surface area contributed by atoms with Crippen LogP contribution >= 0.6 is 0 Å². The molecular formula is C72H134O6. The van der Waals surface area contributed by atoms with Crippen molar-refractivity contribution in [3.63, 3.8) is 0 Å². The Kier molecular flexibility index (Phi) is 65.1. The van der Waals surface area contributed by atoms with Crippen LogP contribution in [-0.2, 0) is 28.6 Å². The lowest BCUT2D eigenvalue weighted by atomic mass is 10.0. The van der Waals surface area contributed by atoms with Crippen LogP contribution in [0.1, 0.15) is 387 Å². The molecule has 0 amide bonds. The minimum Gasteiger partial charge on any atom is -0.462 e. The molecule has 0 aliphatic carbocycles. The van der Waals surface area contributed by atoms with Gasteiger partial charge in [-0.15, -0.1) is 0 Å². The zero-order valence-electron chi connectivity index (χ0n) is 52.7. The third kappa shape index (κ3) is 64.5. The molecule has 6 heteroatoms. The van der Waals surface area contributed by atoms with Gasteiger partial charge in [-0.25, -0.2) is 0 Å². The highest BCUT2D eigenvalue weighted by Crippen LogP contribution is 2.18. The third-order valence-electron chi connectivity index (χ3n) is 15.9. The number of hydrogen-bond donors (Lipinski definition) is 0. The van der Waals surface area contributed by atoms with Crippen LogP contribution in [0.4, 0.5) is 0 Å². The first-order valence-electron chi connectivity index (χ1n) is 35.0. The average molecular weight is 1100 g/mol. The van der Waals surface area contributed by atoms with E-state index in [1.807, 2.05) is 0 Å². The number of esters is 3. The van der Waals surface area contributed by atoms with Gasteiger partial charge >= 0.3 is 17.9 Å². The predicted molar refractivity (Wildman–Crippen MR) is 339 cm³/mol. The standard InChI is InChI=1S/C72H134O6/c1-4-7-10-13-16-19-22-25-28-30-32-34-36-38-40-42-44-47-50-53-56-59-62-65-71(74)77-68-69(67-76-70(73)64-61-58-55-52-49-46-27-24-21-18-15-12-9-6-3)78-72(75)66-63-60-57-54-51-48-45-43-41-39-37-35-33-31-29-26-23-20-17-14-11-8-5-2/h22,25,30-33,69H,4-21,23-24,26-29,34-68H2,1-3H3/b25-22-,32-30-,33-31-. The van der Waals surface area contributed by atoms with E-state index in [0.29, 0.717) is 19.3 Å². The maximum absolute atomic E-state index is 13.0. The summed E-state index contributed by atoms with van der Waals surface area (Å²) in [6, 6.07) is 0. The lowest BCUT2D eigenvalue weighted by Crippen LogP contribution is -2.30. The number of hydrogen-bond acceptors (Lipinski definition) is 6. The highest BCUT2D eigenvalue weighted by molar-refractivity contribution is 5.71. The van der Waals surface area contributed by atoms with Gasteiger partial charge < -0.3 is 14.2 Å². The zero-order valence-corrected chi connectivity index (χ0v) is 52.7. The van der Waals surface area contributed by atoms with E-state index in [0.717, 1.165) is 64.2 Å². The molecule has 0 bridgehead atoms. The van der Waals surface area contributed by atoms with E-state index in [-0.39, 0.29) is 31.1 Å². The van der Waals surface area contributed by atoms with Gasteiger partial charge in [0.15, 0.2) is 6.10 Å². The number of carbonyl (C=O) groups is 3. The first-order valence-corrected chi connectivity index (χ1v) is 35.0. The van der Waals surface area contributed by atoms with Gasteiger partial charge in [0.25, 0.3) is 0 Å². The molecule has 0 aromatic rings. The Labute approximate surface area is 486 Å². The SMILES string of the molecule is CCCCCCC/C=C\C/C=C\CCCCCCCCCCCCCC(=O)OCC(COC(=O)CCCCCCCCCCCCCCCC)OC(=O)CCCCCCCCCCCCC/C=C\CCCCCCCCCC. The fourth-order valence-corrected chi connectivity index (χ4v) is 10.6. The smallest absolute Gasteiger partial charge is 0.306 e. The molecule has 0 radical (unpaired) electrons. The molecule has 0 aliphatic rings. The molecule has 0 aromatic heterocycles. The molecule has 1 atom stereocenters. The van der Waals surface area contributed by atoms with Crippen LogP contribution in [0.15, 0.2) is 36.5 Å². The summed E-state index contributed by atoms with van der Waals surface area (Å²) in [6.07, 6.45) is 83.1. The van der Waals surface area contributed by atoms with Gasteiger partial charge in [0, 0.05) is 19.3 Å². The Bertz CT molecular complexity index is 1300. The quantitative estimate of drug-likeness (QED) is 0.0261. The Morgan fingerprint density at radius 2 is 0.462 bits per heavy atom. The fourth-order valence-electron chi connectivity index (χ4n) is 10.6. The van der Waals surface area contributed by atoms with Crippen molar-refractivity contribution in [2.75, 3.05) is 13.2 Å². The Balaban J connectivity index is 4.27. The lowest BCUT2D eigenvalue weighted by molar-refractivity contribution is -0.167. The second-order valence-corrected chi connectivity index (χ2v) is 23.8. The maximum Gasteiger partial charge on any atom is 0.306 e. The number of ether oxygens (including phenoxy) is 3. The number of carbonyl (C=O) groups excluding carboxylic acids is 3. The van der Waals surface area contributed by atoms with Crippen molar-refractivity contribution in [2.45, 2.75) is 393 Å². The van der Waals surface area contributed by atoms with Gasteiger partial charge in [-0.1, -0.05) is 327 Å². The molecule has 1 unspecified atom stereocenters. The predicted octanol–water partition coefficient (Wildman–Crippen LogP) is 23.9. The summed E-state index contributed by atoms with van der Waals surface area (Å²) in [5, 5.41) is 0. The van der Waals surface area contributed by atoms with Crippen molar-refractivity contribution in [3.05, 3.63) is 36.5 Å². The van der Waals surface area contributed by atoms with Crippen molar-refractivity contribution in [1.82, 2.24) is 0 Å². The van der Waals surface area contributed by atoms with Crippen LogP contribution in [0.5, 0.6) is 0 Å². The molecule has 0 spiro atoms. The van der Waals surface area contributed by atoms with E-state index in [9.17, 15) is 14.4 Å². The molecule has 0 saturated heterocycles. The summed E-state index contributed by atoms with van der Waals surface area (Å²) in [5.41, 5.74) is 0. The monoisotopic (exact) mass is 1100 g/mol. The lowest BCUT2D eigenvalue weighted by Gasteiger charge is -2.18. The first kappa shape index (κ1) is 75.6. The summed E-state index contributed by atoms with van der Waals surface area (Å²) in [6.45, 7) is 6.70. The largest absolute Gasteiger partial charge is 0.462 e. The highest BCUT2D eigenvalue weighted by atomic mass is 16.6. The van der Waals surface area contributed by atoms with Gasteiger partial charge in [0.05, 0.1) is 0 Å². The Morgan fingerprint density at radius 1 is 0.256 bits per heavy atom. The highest BCUT2D eigenvalue weighted by Gasteiger charge is 2.19. The molecule has 0 aromatic carbocycles. The van der Waals surface area contributed by atoms with Crippen molar-refractivity contribution in [1.29, 1.82) is 0 Å². The van der Waals surface area contributed by atoms with Crippen LogP contribution in [0.25, 0.3) is 0 Å². The van der Waals surface area contributed by atoms with E-state index < -0.39 is 6.10 Å². The normalized spacial score (nSPS) is 12.2. The molecule has 78 heavy (non-hydrogen) atoms. The van der Waals surface area contributed by atoms with Gasteiger partial charge in [0.1, 0.15) is 13.2 Å². The summed E-state index contributed by atoms with van der Waals surface area (Å²) in [5.74, 6) is -0.842. The maximum atomic E-state index is 13.0. The van der Waals surface area contributed by atoms with Crippen molar-refractivity contribution in [2.24, 2.45) is 0 Å². The molecule has 0 N–H and O–H groups in total. The molecule has 0 fully saturated rings.